The molecule has 66 valence electrons. The van der Waals surface area contributed by atoms with Gasteiger partial charge in [-0.2, -0.15) is 11.8 Å². The lowest BCUT2D eigenvalue weighted by molar-refractivity contribution is -0.141. The fraction of sp³-hybridized carbons (Fsp3) is 0.833. The van der Waals surface area contributed by atoms with Crippen LogP contribution in [0.3, 0.4) is 0 Å². The normalized spacial score (nSPS) is 17.1. The van der Waals surface area contributed by atoms with E-state index >= 15 is 0 Å². The Labute approximate surface area is 71.7 Å². The second kappa shape index (κ2) is 4.58. The maximum absolute atomic E-state index is 10.6. The van der Waals surface area contributed by atoms with E-state index in [1.165, 1.54) is 11.8 Å². The fourth-order valence-electron chi connectivity index (χ4n) is 0.399. The zero-order valence-corrected chi connectivity index (χ0v) is 7.06. The first kappa shape index (κ1) is 8.83. The smallest absolute Gasteiger partial charge is 0.324 e. The molecular weight excluding hydrogens is 164 g/mol. The number of nitrogens with two attached hydrogens (primary N) is 2. The number of rotatable bonds is 5. The summed E-state index contributed by atoms with van der Waals surface area (Å²) in [6.07, 6.45) is 0. The average molecular weight is 179 g/mol. The van der Waals surface area contributed by atoms with E-state index in [1.54, 1.807) is 0 Å². The lowest BCUT2D eigenvalue weighted by atomic mass is 10.1. The zero-order valence-electron chi connectivity index (χ0n) is 7.25. The van der Waals surface area contributed by atoms with Crippen molar-refractivity contribution >= 4 is 17.7 Å². The van der Waals surface area contributed by atoms with Crippen LogP contribution in [0.4, 0.5) is 0 Å². The minimum atomic E-state index is -1.42. The molecule has 0 aliphatic carbocycles. The summed E-state index contributed by atoms with van der Waals surface area (Å²) < 4.78 is 6.97. The van der Waals surface area contributed by atoms with Crippen molar-refractivity contribution in [3.8, 4) is 0 Å². The molecular formula is C6H14N2O2S. The molecule has 0 unspecified atom stereocenters. The molecule has 0 aromatic rings. The molecule has 0 bridgehead atoms. The largest absolute Gasteiger partial charge is 0.480 e. The van der Waals surface area contributed by atoms with Gasteiger partial charge in [0.15, 0.2) is 0 Å². The predicted octanol–water partition coefficient (Wildman–Crippen LogP) is -0.520. The topological polar surface area (TPSA) is 89.3 Å². The first-order valence-corrected chi connectivity index (χ1v) is 4.31. The number of carbonyl (C=O) groups is 1. The Morgan fingerprint density at radius 3 is 2.91 bits per heavy atom. The quantitative estimate of drug-likeness (QED) is 0.494. The van der Waals surface area contributed by atoms with E-state index in [9.17, 15) is 4.79 Å². The van der Waals surface area contributed by atoms with Gasteiger partial charge in [-0.15, -0.1) is 0 Å². The van der Waals surface area contributed by atoms with Crippen LogP contribution in [0.2, 0.25) is 0 Å². The van der Waals surface area contributed by atoms with Gasteiger partial charge in [0.25, 0.3) is 0 Å². The Bertz CT molecular complexity index is 158. The minimum absolute atomic E-state index is 0.239. The third-order valence-electron chi connectivity index (χ3n) is 1.05. The number of hydrogen-bond acceptors (Lipinski definition) is 4. The van der Waals surface area contributed by atoms with E-state index in [2.05, 4.69) is 0 Å². The lowest BCUT2D eigenvalue weighted by Crippen LogP contribution is -2.47. The molecule has 0 saturated heterocycles. The van der Waals surface area contributed by atoms with E-state index in [1.807, 2.05) is 0 Å². The fourth-order valence-corrected chi connectivity index (χ4v) is 1.20. The van der Waals surface area contributed by atoms with Gasteiger partial charge in [0.2, 0.25) is 0 Å². The van der Waals surface area contributed by atoms with Crippen LogP contribution < -0.4 is 11.5 Å². The molecule has 0 aromatic carbocycles. The SMILES string of the molecule is [2H]C[C@](N)(CSCCN)C(=O)O. The number of thioether (sulfide) groups is 1. The Kier molecular flexibility index (Phi) is 3.68. The maximum atomic E-state index is 10.6. The monoisotopic (exact) mass is 179 g/mol. The molecule has 0 aliphatic rings. The highest BCUT2D eigenvalue weighted by Crippen LogP contribution is 2.09. The Morgan fingerprint density at radius 2 is 2.55 bits per heavy atom. The van der Waals surface area contributed by atoms with E-state index in [-0.39, 0.29) is 12.7 Å². The van der Waals surface area contributed by atoms with Gasteiger partial charge in [-0.3, -0.25) is 4.79 Å². The second-order valence-electron chi connectivity index (χ2n) is 2.30. The molecule has 4 nitrogen and oxygen atoms in total. The third-order valence-corrected chi connectivity index (χ3v) is 2.29. The number of carboxylic acid groups (broad SMARTS) is 1. The van der Waals surface area contributed by atoms with Crippen LogP contribution in [0.15, 0.2) is 0 Å². The summed E-state index contributed by atoms with van der Waals surface area (Å²) in [5.41, 5.74) is 9.23. The van der Waals surface area contributed by atoms with Crippen LogP contribution in [0.5, 0.6) is 0 Å². The van der Waals surface area contributed by atoms with Gasteiger partial charge in [-0.05, 0) is 6.90 Å². The van der Waals surface area contributed by atoms with Gasteiger partial charge >= 0.3 is 5.97 Å². The summed E-state index contributed by atoms with van der Waals surface area (Å²) in [6.45, 7) is 0.193. The summed E-state index contributed by atoms with van der Waals surface area (Å²) in [5, 5.41) is 8.64. The predicted molar refractivity (Wildman–Crippen MR) is 46.6 cm³/mol. The molecule has 0 saturated carbocycles. The Balaban J connectivity index is 3.88. The highest BCUT2D eigenvalue weighted by molar-refractivity contribution is 7.99. The molecule has 5 heteroatoms. The zero-order chi connectivity index (χ0) is 9.61. The summed E-state index contributed by atoms with van der Waals surface area (Å²) in [7, 11) is 0. The van der Waals surface area contributed by atoms with Crippen LogP contribution in [0.1, 0.15) is 8.27 Å². The van der Waals surface area contributed by atoms with Crippen LogP contribution in [0, 0.1) is 0 Å². The minimum Gasteiger partial charge on any atom is -0.480 e. The van der Waals surface area contributed by atoms with Gasteiger partial charge in [0.05, 0.1) is 0 Å². The molecule has 0 spiro atoms. The average Bonchev–Trinajstić information content (AvgIpc) is 2.04. The summed E-state index contributed by atoms with van der Waals surface area (Å²) >= 11 is 1.36. The van der Waals surface area contributed by atoms with Crippen molar-refractivity contribution in [3.63, 3.8) is 0 Å². The van der Waals surface area contributed by atoms with Gasteiger partial charge in [-0.25, -0.2) is 0 Å². The number of aliphatic carboxylic acids is 1. The van der Waals surface area contributed by atoms with Crippen molar-refractivity contribution in [1.29, 1.82) is 0 Å². The van der Waals surface area contributed by atoms with E-state index in [4.69, 9.17) is 17.9 Å². The van der Waals surface area contributed by atoms with Gasteiger partial charge in [0, 0.05) is 19.4 Å². The van der Waals surface area contributed by atoms with Gasteiger partial charge < -0.3 is 16.6 Å². The molecule has 0 heterocycles. The standard InChI is InChI=1S/C6H14N2O2S/c1-6(8,5(9)10)4-11-3-2-7/h2-4,7-8H2,1H3,(H,9,10)/t6-/m0/s1/i1D. The first-order valence-electron chi connectivity index (χ1n) is 3.87. The van der Waals surface area contributed by atoms with E-state index in [0.717, 1.165) is 0 Å². The molecule has 0 fully saturated rings. The van der Waals surface area contributed by atoms with Gasteiger partial charge in [-0.1, -0.05) is 0 Å². The Morgan fingerprint density at radius 1 is 1.91 bits per heavy atom. The van der Waals surface area contributed by atoms with Gasteiger partial charge in [0.1, 0.15) is 5.54 Å². The molecule has 5 N–H and O–H groups in total. The molecule has 0 rings (SSSR count). The van der Waals surface area contributed by atoms with Crippen LogP contribution in [-0.2, 0) is 4.79 Å². The Hall–Kier alpha value is -0.260. The van der Waals surface area contributed by atoms with Crippen molar-refractivity contribution < 1.29 is 11.3 Å². The molecule has 0 radical (unpaired) electrons. The highest BCUT2D eigenvalue weighted by atomic mass is 32.2. The molecule has 0 aliphatic heterocycles. The van der Waals surface area contributed by atoms with Crippen molar-refractivity contribution in [2.45, 2.75) is 12.4 Å². The number of hydrogen-bond donors (Lipinski definition) is 3. The van der Waals surface area contributed by atoms with Crippen molar-refractivity contribution in [2.24, 2.45) is 11.5 Å². The molecule has 0 amide bonds. The summed E-state index contributed by atoms with van der Waals surface area (Å²) in [6, 6.07) is 0. The van der Waals surface area contributed by atoms with Crippen LogP contribution in [0.25, 0.3) is 0 Å². The summed E-state index contributed by atoms with van der Waals surface area (Å²) in [4.78, 5) is 10.6. The first-order chi connectivity index (χ1) is 5.56. The maximum Gasteiger partial charge on any atom is 0.324 e. The highest BCUT2D eigenvalue weighted by Gasteiger charge is 2.27. The van der Waals surface area contributed by atoms with Crippen molar-refractivity contribution in [1.82, 2.24) is 0 Å². The lowest BCUT2D eigenvalue weighted by Gasteiger charge is -2.17. The number of carboxylic acids is 1. The molecule has 1 atom stereocenters. The third kappa shape index (κ3) is 4.23. The molecule has 0 aromatic heterocycles. The van der Waals surface area contributed by atoms with E-state index in [0.29, 0.717) is 12.3 Å². The van der Waals surface area contributed by atoms with E-state index < -0.39 is 11.5 Å². The molecule has 11 heavy (non-hydrogen) atoms. The van der Waals surface area contributed by atoms with Crippen molar-refractivity contribution in [3.05, 3.63) is 0 Å². The van der Waals surface area contributed by atoms with Crippen molar-refractivity contribution in [2.75, 3.05) is 18.1 Å². The summed E-state index contributed by atoms with van der Waals surface area (Å²) in [5.74, 6) is -0.211. The van der Waals surface area contributed by atoms with Crippen LogP contribution in [-0.4, -0.2) is 34.7 Å². The second-order valence-corrected chi connectivity index (χ2v) is 3.41. The van der Waals surface area contributed by atoms with Crippen LogP contribution >= 0.6 is 11.8 Å².